The van der Waals surface area contributed by atoms with Gasteiger partial charge in [0.15, 0.2) is 5.78 Å². The molecular weight excluding hydrogens is 366 g/mol. The third-order valence-electron chi connectivity index (χ3n) is 5.38. The number of rotatable bonds is 5. The number of benzene rings is 2. The molecular formula is C23H23N3O3. The molecule has 0 aliphatic carbocycles. The third kappa shape index (κ3) is 3.42. The maximum absolute atomic E-state index is 13.3. The number of methoxy groups -OCH3 is 1. The van der Waals surface area contributed by atoms with Gasteiger partial charge in [0, 0.05) is 17.5 Å². The number of aromatic nitrogens is 2. The first-order chi connectivity index (χ1) is 14.0. The molecule has 1 atom stereocenters. The molecule has 1 amide bonds. The predicted molar refractivity (Wildman–Crippen MR) is 111 cm³/mol. The lowest BCUT2D eigenvalue weighted by Gasteiger charge is -2.23. The number of Topliss-reactive ketones (excluding diaryl/α,β-unsaturated/α-hetero) is 1. The molecule has 0 saturated heterocycles. The third-order valence-corrected chi connectivity index (χ3v) is 5.38. The molecule has 0 fully saturated rings. The van der Waals surface area contributed by atoms with Crippen LogP contribution in [0.4, 0.5) is 5.82 Å². The maximum atomic E-state index is 13.3. The minimum atomic E-state index is -0.543. The average Bonchev–Trinajstić information content (AvgIpc) is 3.09. The van der Waals surface area contributed by atoms with Crippen molar-refractivity contribution < 1.29 is 14.3 Å². The van der Waals surface area contributed by atoms with Gasteiger partial charge >= 0.3 is 0 Å². The molecule has 0 bridgehead atoms. The summed E-state index contributed by atoms with van der Waals surface area (Å²) >= 11 is 0. The number of ketones is 1. The number of amides is 1. The highest BCUT2D eigenvalue weighted by Crippen LogP contribution is 2.38. The number of nitrogens with one attached hydrogen (secondary N) is 1. The van der Waals surface area contributed by atoms with Gasteiger partial charge in [-0.2, -0.15) is 5.10 Å². The lowest BCUT2D eigenvalue weighted by molar-refractivity contribution is -0.116. The summed E-state index contributed by atoms with van der Waals surface area (Å²) in [6.45, 7) is 3.95. The molecule has 0 saturated carbocycles. The van der Waals surface area contributed by atoms with Crippen LogP contribution in [0.2, 0.25) is 0 Å². The van der Waals surface area contributed by atoms with Crippen LogP contribution in [-0.2, 0) is 11.2 Å². The molecule has 2 aromatic carbocycles. The van der Waals surface area contributed by atoms with Crippen LogP contribution in [0.5, 0.6) is 5.75 Å². The zero-order valence-electron chi connectivity index (χ0n) is 16.7. The molecule has 1 unspecified atom stereocenters. The number of aryl methyl sites for hydroxylation is 2. The number of carbonyl (C=O) groups excluding carboxylic acids is 2. The van der Waals surface area contributed by atoms with Crippen LogP contribution < -0.4 is 10.1 Å². The van der Waals surface area contributed by atoms with Crippen molar-refractivity contribution in [2.75, 3.05) is 12.4 Å². The van der Waals surface area contributed by atoms with Gasteiger partial charge in [0.25, 0.3) is 0 Å². The Hall–Kier alpha value is -3.41. The topological polar surface area (TPSA) is 73.2 Å². The van der Waals surface area contributed by atoms with Crippen molar-refractivity contribution in [1.29, 1.82) is 0 Å². The van der Waals surface area contributed by atoms with E-state index in [1.807, 2.05) is 55.5 Å². The first-order valence-electron chi connectivity index (χ1n) is 9.68. The van der Waals surface area contributed by atoms with Gasteiger partial charge in [-0.25, -0.2) is 4.68 Å². The van der Waals surface area contributed by atoms with Gasteiger partial charge in [-0.1, -0.05) is 31.2 Å². The van der Waals surface area contributed by atoms with Gasteiger partial charge in [0.2, 0.25) is 5.91 Å². The Labute approximate surface area is 169 Å². The normalized spacial score (nSPS) is 15.6. The van der Waals surface area contributed by atoms with Crippen molar-refractivity contribution in [3.63, 3.8) is 0 Å². The largest absolute Gasteiger partial charge is 0.497 e. The lowest BCUT2D eigenvalue weighted by Crippen LogP contribution is -2.28. The Morgan fingerprint density at radius 1 is 1.17 bits per heavy atom. The fourth-order valence-electron chi connectivity index (χ4n) is 3.79. The molecule has 29 heavy (non-hydrogen) atoms. The average molecular weight is 389 g/mol. The zero-order valence-corrected chi connectivity index (χ0v) is 16.7. The van der Waals surface area contributed by atoms with E-state index < -0.39 is 5.92 Å². The standard InChI is InChI=1S/C23H23N3O3/c1-4-15-5-7-16(8-6-15)22(28)19-13-20(27)24-23-21(19)14(2)25-26(23)17-9-11-18(29-3)12-10-17/h5-12,19H,4,13H2,1-3H3,(H,24,27). The second kappa shape index (κ2) is 7.54. The summed E-state index contributed by atoms with van der Waals surface area (Å²) in [5, 5.41) is 7.52. The molecule has 6 heteroatoms. The molecule has 1 aliphatic heterocycles. The van der Waals surface area contributed by atoms with E-state index in [1.165, 1.54) is 5.56 Å². The van der Waals surface area contributed by atoms with E-state index in [2.05, 4.69) is 17.3 Å². The van der Waals surface area contributed by atoms with Gasteiger partial charge in [-0.15, -0.1) is 0 Å². The predicted octanol–water partition coefficient (Wildman–Crippen LogP) is 4.06. The van der Waals surface area contributed by atoms with Crippen LogP contribution in [-0.4, -0.2) is 28.6 Å². The van der Waals surface area contributed by atoms with E-state index in [0.717, 1.165) is 29.1 Å². The molecule has 4 rings (SSSR count). The Morgan fingerprint density at radius 2 is 1.86 bits per heavy atom. The van der Waals surface area contributed by atoms with Crippen molar-refractivity contribution in [3.8, 4) is 11.4 Å². The second-order valence-electron chi connectivity index (χ2n) is 7.18. The van der Waals surface area contributed by atoms with Gasteiger partial charge in [0.05, 0.1) is 24.4 Å². The second-order valence-corrected chi connectivity index (χ2v) is 7.18. The summed E-state index contributed by atoms with van der Waals surface area (Å²) in [7, 11) is 1.61. The van der Waals surface area contributed by atoms with E-state index in [1.54, 1.807) is 11.8 Å². The molecule has 0 spiro atoms. The number of hydrogen-bond acceptors (Lipinski definition) is 4. The molecule has 3 aromatic rings. The Morgan fingerprint density at radius 3 is 2.48 bits per heavy atom. The number of anilines is 1. The summed E-state index contributed by atoms with van der Waals surface area (Å²) in [4.78, 5) is 25.7. The van der Waals surface area contributed by atoms with Crippen molar-refractivity contribution in [2.45, 2.75) is 32.6 Å². The van der Waals surface area contributed by atoms with Crippen LogP contribution in [0, 0.1) is 6.92 Å². The zero-order chi connectivity index (χ0) is 20.5. The molecule has 148 valence electrons. The summed E-state index contributed by atoms with van der Waals surface area (Å²) in [6.07, 6.45) is 1.04. The van der Waals surface area contributed by atoms with Crippen LogP contribution in [0.3, 0.4) is 0 Å². The highest BCUT2D eigenvalue weighted by Gasteiger charge is 2.36. The first-order valence-corrected chi connectivity index (χ1v) is 9.68. The summed E-state index contributed by atoms with van der Waals surface area (Å²) in [6, 6.07) is 15.0. The van der Waals surface area contributed by atoms with Crippen LogP contribution in [0.25, 0.3) is 5.69 Å². The van der Waals surface area contributed by atoms with Crippen molar-refractivity contribution in [1.82, 2.24) is 9.78 Å². The minimum absolute atomic E-state index is 0.0545. The SMILES string of the molecule is CCc1ccc(C(=O)C2CC(=O)Nc3c2c(C)nn3-c2ccc(OC)cc2)cc1. The van der Waals surface area contributed by atoms with Crippen molar-refractivity contribution in [2.24, 2.45) is 0 Å². The number of nitrogens with zero attached hydrogens (tertiary/aromatic N) is 2. The summed E-state index contributed by atoms with van der Waals surface area (Å²) in [5.74, 6) is 0.515. The Balaban J connectivity index is 1.75. The van der Waals surface area contributed by atoms with Gasteiger partial charge < -0.3 is 10.1 Å². The molecule has 1 aromatic heterocycles. The van der Waals surface area contributed by atoms with E-state index in [4.69, 9.17) is 4.74 Å². The molecule has 6 nitrogen and oxygen atoms in total. The van der Waals surface area contributed by atoms with Crippen LogP contribution in [0.15, 0.2) is 48.5 Å². The Bertz CT molecular complexity index is 1070. The quantitative estimate of drug-likeness (QED) is 0.668. The highest BCUT2D eigenvalue weighted by molar-refractivity contribution is 6.08. The van der Waals surface area contributed by atoms with Crippen molar-refractivity contribution >= 4 is 17.5 Å². The first kappa shape index (κ1) is 18.9. The number of ether oxygens (including phenoxy) is 1. The van der Waals surface area contributed by atoms with Gasteiger partial charge in [-0.3, -0.25) is 9.59 Å². The monoisotopic (exact) mass is 389 g/mol. The molecule has 2 heterocycles. The molecule has 1 aliphatic rings. The number of carbonyl (C=O) groups is 2. The minimum Gasteiger partial charge on any atom is -0.497 e. The fraction of sp³-hybridized carbons (Fsp3) is 0.261. The van der Waals surface area contributed by atoms with E-state index in [-0.39, 0.29) is 18.1 Å². The summed E-state index contributed by atoms with van der Waals surface area (Å²) in [5.41, 5.74) is 4.09. The van der Waals surface area contributed by atoms with Crippen LogP contribution >= 0.6 is 0 Å². The van der Waals surface area contributed by atoms with E-state index in [9.17, 15) is 9.59 Å². The summed E-state index contributed by atoms with van der Waals surface area (Å²) < 4.78 is 6.89. The lowest BCUT2D eigenvalue weighted by atomic mass is 9.85. The number of hydrogen-bond donors (Lipinski definition) is 1. The van der Waals surface area contributed by atoms with Crippen molar-refractivity contribution in [3.05, 3.63) is 70.9 Å². The maximum Gasteiger partial charge on any atom is 0.226 e. The molecule has 0 radical (unpaired) electrons. The van der Waals surface area contributed by atoms with E-state index in [0.29, 0.717) is 11.4 Å². The van der Waals surface area contributed by atoms with Gasteiger partial charge in [-0.05, 0) is 43.2 Å². The fourth-order valence-corrected chi connectivity index (χ4v) is 3.79. The Kier molecular flexibility index (Phi) is 4.92. The highest BCUT2D eigenvalue weighted by atomic mass is 16.5. The molecule has 1 N–H and O–H groups in total. The smallest absolute Gasteiger partial charge is 0.226 e. The van der Waals surface area contributed by atoms with Crippen LogP contribution in [0.1, 0.15) is 46.4 Å². The van der Waals surface area contributed by atoms with Gasteiger partial charge in [0.1, 0.15) is 11.6 Å². The van der Waals surface area contributed by atoms with E-state index >= 15 is 0 Å². The number of fused-ring (bicyclic) bond motifs is 1.